The molecule has 1 N–H and O–H groups in total. The van der Waals surface area contributed by atoms with Gasteiger partial charge in [-0.05, 0) is 60.1 Å². The molecule has 0 unspecified atom stereocenters. The van der Waals surface area contributed by atoms with Gasteiger partial charge in [-0.25, -0.2) is 4.39 Å². The fourth-order valence-electron chi connectivity index (χ4n) is 4.06. The molecule has 1 atom stereocenters. The van der Waals surface area contributed by atoms with Crippen LogP contribution in [0.1, 0.15) is 43.7 Å². The number of carbonyl (C=O) groups is 2. The maximum Gasteiger partial charge on any atom is 0.245 e. The minimum absolute atomic E-state index is 0.0367. The molecule has 0 aromatic heterocycles. The third kappa shape index (κ3) is 6.00. The average molecular weight is 461 g/mol. The molecule has 172 valence electrons. The summed E-state index contributed by atoms with van der Waals surface area (Å²) in [6, 6.07) is 11.6. The number of hydrogen-bond acceptors (Lipinski definition) is 3. The van der Waals surface area contributed by atoms with Gasteiger partial charge in [-0.15, -0.1) is 0 Å². The molecule has 7 heteroatoms. The Bertz CT molecular complexity index is 941. The fourth-order valence-corrected chi connectivity index (χ4v) is 4.18. The number of benzene rings is 2. The zero-order chi connectivity index (χ0) is 23.3. The Morgan fingerprint density at radius 2 is 1.81 bits per heavy atom. The minimum Gasteiger partial charge on any atom is -0.497 e. The molecular formula is C25H30ClFN2O3. The van der Waals surface area contributed by atoms with Gasteiger partial charge in [0.05, 0.1) is 18.6 Å². The number of carbonyl (C=O) groups excluding carboxylic acids is 2. The number of ether oxygens (including phenoxy) is 1. The third-order valence-corrected chi connectivity index (χ3v) is 6.30. The Morgan fingerprint density at radius 1 is 1.16 bits per heavy atom. The smallest absolute Gasteiger partial charge is 0.245 e. The fraction of sp³-hybridized carbons (Fsp3) is 0.440. The van der Waals surface area contributed by atoms with Crippen molar-refractivity contribution in [3.05, 3.63) is 64.4 Å². The SMILES string of the molecule is COc1ccc(CC(=O)N[C@@H](C(=O)N2CCC(c3ccc(Cl)c(F)c3)CC2)C(C)C)cc1. The maximum atomic E-state index is 13.8. The van der Waals surface area contributed by atoms with Gasteiger partial charge in [0.2, 0.25) is 11.8 Å². The van der Waals surface area contributed by atoms with Crippen LogP contribution >= 0.6 is 11.6 Å². The molecule has 5 nitrogen and oxygen atoms in total. The molecule has 1 aliphatic rings. The summed E-state index contributed by atoms with van der Waals surface area (Å²) in [6.07, 6.45) is 1.69. The normalized spacial score (nSPS) is 15.5. The van der Waals surface area contributed by atoms with E-state index in [-0.39, 0.29) is 35.1 Å². The number of amides is 2. The van der Waals surface area contributed by atoms with E-state index in [1.54, 1.807) is 18.1 Å². The Morgan fingerprint density at radius 3 is 2.38 bits per heavy atom. The van der Waals surface area contributed by atoms with Crippen molar-refractivity contribution in [2.75, 3.05) is 20.2 Å². The second kappa shape index (κ2) is 10.8. The molecule has 0 saturated carbocycles. The monoisotopic (exact) mass is 460 g/mol. The van der Waals surface area contributed by atoms with Gasteiger partial charge in [-0.2, -0.15) is 0 Å². The van der Waals surface area contributed by atoms with E-state index in [2.05, 4.69) is 5.32 Å². The molecular weight excluding hydrogens is 431 g/mol. The first-order valence-electron chi connectivity index (χ1n) is 10.9. The quantitative estimate of drug-likeness (QED) is 0.658. The predicted octanol–water partition coefficient (Wildman–Crippen LogP) is 4.58. The lowest BCUT2D eigenvalue weighted by atomic mass is 9.89. The molecule has 0 radical (unpaired) electrons. The van der Waals surface area contributed by atoms with Gasteiger partial charge >= 0.3 is 0 Å². The van der Waals surface area contributed by atoms with Crippen LogP contribution in [0.4, 0.5) is 4.39 Å². The lowest BCUT2D eigenvalue weighted by Crippen LogP contribution is -2.53. The molecule has 1 aliphatic heterocycles. The standard InChI is InChI=1S/C25H30ClFN2O3/c1-16(2)24(28-23(30)14-17-4-7-20(32-3)8-5-17)25(31)29-12-10-18(11-13-29)19-6-9-21(26)22(27)15-19/h4-9,15-16,18,24H,10-14H2,1-3H3,(H,28,30)/t24-/m1/s1. The van der Waals surface area contributed by atoms with E-state index < -0.39 is 11.9 Å². The van der Waals surface area contributed by atoms with Gasteiger partial charge in [0.15, 0.2) is 0 Å². The van der Waals surface area contributed by atoms with Crippen LogP contribution in [0.5, 0.6) is 5.75 Å². The highest BCUT2D eigenvalue weighted by Gasteiger charge is 2.31. The average Bonchev–Trinajstić information content (AvgIpc) is 2.79. The molecule has 3 rings (SSSR count). The lowest BCUT2D eigenvalue weighted by molar-refractivity contribution is -0.138. The van der Waals surface area contributed by atoms with Crippen LogP contribution in [0.2, 0.25) is 5.02 Å². The molecule has 2 aromatic rings. The van der Waals surface area contributed by atoms with E-state index in [9.17, 15) is 14.0 Å². The van der Waals surface area contributed by atoms with Crippen molar-refractivity contribution in [3.8, 4) is 5.75 Å². The van der Waals surface area contributed by atoms with Crippen molar-refractivity contribution in [2.45, 2.75) is 45.1 Å². The molecule has 32 heavy (non-hydrogen) atoms. The van der Waals surface area contributed by atoms with Crippen molar-refractivity contribution in [3.63, 3.8) is 0 Å². The lowest BCUT2D eigenvalue weighted by Gasteiger charge is -2.35. The summed E-state index contributed by atoms with van der Waals surface area (Å²) in [5, 5.41) is 3.04. The first-order valence-corrected chi connectivity index (χ1v) is 11.3. The van der Waals surface area contributed by atoms with Crippen molar-refractivity contribution >= 4 is 23.4 Å². The topological polar surface area (TPSA) is 58.6 Å². The third-order valence-electron chi connectivity index (χ3n) is 5.99. The summed E-state index contributed by atoms with van der Waals surface area (Å²) in [6.45, 7) is 5.01. The van der Waals surface area contributed by atoms with Gasteiger partial charge in [0, 0.05) is 13.1 Å². The molecule has 0 spiro atoms. The van der Waals surface area contributed by atoms with E-state index in [1.807, 2.05) is 44.2 Å². The molecule has 0 aliphatic carbocycles. The van der Waals surface area contributed by atoms with E-state index in [1.165, 1.54) is 6.07 Å². The minimum atomic E-state index is -0.578. The van der Waals surface area contributed by atoms with Gasteiger partial charge in [-0.3, -0.25) is 9.59 Å². The Hall–Kier alpha value is -2.60. The second-order valence-electron chi connectivity index (χ2n) is 8.59. The summed E-state index contributed by atoms with van der Waals surface area (Å²) < 4.78 is 18.9. The predicted molar refractivity (Wildman–Crippen MR) is 123 cm³/mol. The molecule has 1 fully saturated rings. The number of methoxy groups -OCH3 is 1. The molecule has 2 aromatic carbocycles. The molecule has 1 saturated heterocycles. The first kappa shape index (κ1) is 24.1. The summed E-state index contributed by atoms with van der Waals surface area (Å²) in [4.78, 5) is 27.6. The molecule has 1 heterocycles. The van der Waals surface area contributed by atoms with Crippen molar-refractivity contribution in [1.29, 1.82) is 0 Å². The Labute approximate surface area is 193 Å². The highest BCUT2D eigenvalue weighted by molar-refractivity contribution is 6.30. The van der Waals surface area contributed by atoms with E-state index in [4.69, 9.17) is 16.3 Å². The van der Waals surface area contributed by atoms with Crippen LogP contribution in [-0.2, 0) is 16.0 Å². The largest absolute Gasteiger partial charge is 0.497 e. The van der Waals surface area contributed by atoms with Crippen LogP contribution in [0.3, 0.4) is 0 Å². The van der Waals surface area contributed by atoms with Crippen LogP contribution in [0, 0.1) is 11.7 Å². The second-order valence-corrected chi connectivity index (χ2v) is 8.99. The van der Waals surface area contributed by atoms with E-state index in [0.717, 1.165) is 29.7 Å². The summed E-state index contributed by atoms with van der Waals surface area (Å²) in [5.74, 6) is 0.215. The molecule has 2 amide bonds. The van der Waals surface area contributed by atoms with Crippen LogP contribution in [-0.4, -0.2) is 43.0 Å². The number of likely N-dealkylation sites (tertiary alicyclic amines) is 1. The zero-order valence-electron chi connectivity index (χ0n) is 18.7. The maximum absolute atomic E-state index is 13.8. The van der Waals surface area contributed by atoms with Crippen molar-refractivity contribution in [2.24, 2.45) is 5.92 Å². The number of rotatable bonds is 7. The van der Waals surface area contributed by atoms with Crippen molar-refractivity contribution < 1.29 is 18.7 Å². The number of piperidine rings is 1. The van der Waals surface area contributed by atoms with Crippen LogP contribution < -0.4 is 10.1 Å². The van der Waals surface area contributed by atoms with Gasteiger partial charge < -0.3 is 15.0 Å². The summed E-state index contributed by atoms with van der Waals surface area (Å²) >= 11 is 5.79. The number of hydrogen-bond donors (Lipinski definition) is 1. The van der Waals surface area contributed by atoms with Gasteiger partial charge in [-0.1, -0.05) is 43.6 Å². The molecule has 0 bridgehead atoms. The summed E-state index contributed by atoms with van der Waals surface area (Å²) in [5.41, 5.74) is 1.77. The number of nitrogens with one attached hydrogen (secondary N) is 1. The van der Waals surface area contributed by atoms with E-state index >= 15 is 0 Å². The first-order chi connectivity index (χ1) is 15.3. The number of halogens is 2. The Balaban J connectivity index is 1.57. The zero-order valence-corrected chi connectivity index (χ0v) is 19.5. The highest BCUT2D eigenvalue weighted by Crippen LogP contribution is 2.30. The highest BCUT2D eigenvalue weighted by atomic mass is 35.5. The van der Waals surface area contributed by atoms with Crippen LogP contribution in [0.15, 0.2) is 42.5 Å². The van der Waals surface area contributed by atoms with Crippen LogP contribution in [0.25, 0.3) is 0 Å². The van der Waals surface area contributed by atoms with Gasteiger partial charge in [0.25, 0.3) is 0 Å². The summed E-state index contributed by atoms with van der Waals surface area (Å²) in [7, 11) is 1.59. The Kier molecular flexibility index (Phi) is 8.13. The van der Waals surface area contributed by atoms with E-state index in [0.29, 0.717) is 13.1 Å². The number of nitrogens with zero attached hydrogens (tertiary/aromatic N) is 1. The van der Waals surface area contributed by atoms with Crippen molar-refractivity contribution in [1.82, 2.24) is 10.2 Å². The van der Waals surface area contributed by atoms with Gasteiger partial charge in [0.1, 0.15) is 17.6 Å².